The summed E-state index contributed by atoms with van der Waals surface area (Å²) in [6.45, 7) is 7.37. The predicted octanol–water partition coefficient (Wildman–Crippen LogP) is 2.80. The average Bonchev–Trinajstić information content (AvgIpc) is 3.54. The van der Waals surface area contributed by atoms with Gasteiger partial charge >= 0.3 is 0 Å². The van der Waals surface area contributed by atoms with Crippen LogP contribution in [0.5, 0.6) is 0 Å². The van der Waals surface area contributed by atoms with E-state index in [2.05, 4.69) is 30.7 Å². The molecule has 0 unspecified atom stereocenters. The zero-order valence-corrected chi connectivity index (χ0v) is 21.4. The van der Waals surface area contributed by atoms with Crippen molar-refractivity contribution in [1.29, 1.82) is 0 Å². The van der Waals surface area contributed by atoms with Crippen molar-refractivity contribution in [1.82, 2.24) is 29.3 Å². The molecule has 0 bridgehead atoms. The number of thiazole rings is 1. The molecule has 2 atom stereocenters. The maximum Gasteiger partial charge on any atom is 0.260 e. The van der Waals surface area contributed by atoms with E-state index in [9.17, 15) is 9.59 Å². The van der Waals surface area contributed by atoms with Crippen LogP contribution in [0, 0.1) is 6.92 Å². The number of hydrogen-bond donors (Lipinski definition) is 2. The molecule has 2 N–H and O–H groups in total. The van der Waals surface area contributed by atoms with Crippen molar-refractivity contribution in [3.63, 3.8) is 0 Å². The molecule has 5 rings (SSSR count). The maximum absolute atomic E-state index is 13.2. The fourth-order valence-electron chi connectivity index (χ4n) is 4.25. The second-order valence-electron chi connectivity index (χ2n) is 9.07. The Bertz CT molecular complexity index is 1410. The van der Waals surface area contributed by atoms with E-state index in [1.54, 1.807) is 40.8 Å². The number of nitrogens with zero attached hydrogens (tertiary/aromatic N) is 6. The minimum absolute atomic E-state index is 0.140. The van der Waals surface area contributed by atoms with E-state index >= 15 is 0 Å². The maximum atomic E-state index is 13.2. The largest absolute Gasteiger partial charge is 0.378 e. The first kappa shape index (κ1) is 24.1. The van der Waals surface area contributed by atoms with Crippen LogP contribution in [-0.2, 0) is 16.6 Å². The summed E-state index contributed by atoms with van der Waals surface area (Å²) in [4.78, 5) is 34.0. The molecule has 0 saturated carbocycles. The van der Waals surface area contributed by atoms with Crippen LogP contribution in [0.4, 0.5) is 11.4 Å². The molecule has 5 heterocycles. The van der Waals surface area contributed by atoms with Gasteiger partial charge in [0.1, 0.15) is 4.83 Å². The lowest BCUT2D eigenvalue weighted by molar-refractivity contribution is -0.121. The third kappa shape index (κ3) is 4.87. The van der Waals surface area contributed by atoms with Gasteiger partial charge in [0, 0.05) is 37.1 Å². The Kier molecular flexibility index (Phi) is 6.56. The van der Waals surface area contributed by atoms with Crippen LogP contribution in [0.25, 0.3) is 15.3 Å². The second kappa shape index (κ2) is 9.80. The molecular weight excluding hydrogens is 480 g/mol. The van der Waals surface area contributed by atoms with Crippen molar-refractivity contribution >= 4 is 39.4 Å². The van der Waals surface area contributed by atoms with Crippen molar-refractivity contribution in [3.8, 4) is 10.4 Å². The lowest BCUT2D eigenvalue weighted by atomic mass is 10.1. The monoisotopic (exact) mass is 508 g/mol. The number of fused-ring (bicyclic) bond motifs is 1. The first-order chi connectivity index (χ1) is 17.3. The van der Waals surface area contributed by atoms with Gasteiger partial charge in [-0.1, -0.05) is 0 Å². The molecule has 1 aliphatic heterocycles. The molecule has 0 spiro atoms. The normalized spacial score (nSPS) is 18.4. The Balaban J connectivity index is 1.29. The number of pyridine rings is 1. The number of aromatic nitrogens is 5. The van der Waals surface area contributed by atoms with Crippen molar-refractivity contribution in [2.45, 2.75) is 32.9 Å². The molecule has 188 valence electrons. The molecule has 1 aliphatic rings. The Labute approximate surface area is 212 Å². The Morgan fingerprint density at radius 2 is 1.89 bits per heavy atom. The summed E-state index contributed by atoms with van der Waals surface area (Å²) >= 11 is 1.47. The quantitative estimate of drug-likeness (QED) is 0.411. The molecular formula is C24H28N8O3S. The molecule has 2 amide bonds. The minimum Gasteiger partial charge on any atom is -0.378 e. The molecule has 12 heteroatoms. The number of aryl methyl sites for hydroxylation is 2. The fraction of sp³-hybridized carbons (Fsp3) is 0.375. The van der Waals surface area contributed by atoms with Crippen LogP contribution in [0.2, 0.25) is 0 Å². The van der Waals surface area contributed by atoms with Gasteiger partial charge in [-0.3, -0.25) is 24.2 Å². The van der Waals surface area contributed by atoms with Crippen LogP contribution in [0.3, 0.4) is 0 Å². The van der Waals surface area contributed by atoms with Gasteiger partial charge < -0.3 is 15.4 Å². The summed E-state index contributed by atoms with van der Waals surface area (Å²) in [5.41, 5.74) is 3.10. The lowest BCUT2D eigenvalue weighted by Gasteiger charge is -2.38. The van der Waals surface area contributed by atoms with E-state index in [-0.39, 0.29) is 30.4 Å². The van der Waals surface area contributed by atoms with E-state index in [0.29, 0.717) is 35.8 Å². The highest BCUT2D eigenvalue weighted by Gasteiger charge is 2.27. The molecule has 0 aromatic carbocycles. The highest BCUT2D eigenvalue weighted by molar-refractivity contribution is 7.21. The van der Waals surface area contributed by atoms with Gasteiger partial charge in [-0.15, -0.1) is 11.3 Å². The van der Waals surface area contributed by atoms with E-state index in [1.807, 2.05) is 33.3 Å². The molecule has 36 heavy (non-hydrogen) atoms. The second-order valence-corrected chi connectivity index (χ2v) is 10.1. The summed E-state index contributed by atoms with van der Waals surface area (Å²) in [6, 6.07) is 2.05. The van der Waals surface area contributed by atoms with Crippen LogP contribution >= 0.6 is 11.3 Å². The van der Waals surface area contributed by atoms with Crippen LogP contribution in [0.1, 0.15) is 29.9 Å². The predicted molar refractivity (Wildman–Crippen MR) is 137 cm³/mol. The number of ether oxygens (including phenoxy) is 1. The third-order valence-electron chi connectivity index (χ3n) is 6.23. The number of carbonyl (C=O) groups excluding carboxylic acids is 2. The molecule has 11 nitrogen and oxygen atoms in total. The van der Waals surface area contributed by atoms with E-state index in [1.165, 1.54) is 11.3 Å². The lowest BCUT2D eigenvalue weighted by Crippen LogP contribution is -2.52. The van der Waals surface area contributed by atoms with Crippen molar-refractivity contribution in [2.24, 2.45) is 7.05 Å². The first-order valence-corrected chi connectivity index (χ1v) is 12.5. The van der Waals surface area contributed by atoms with Crippen molar-refractivity contribution in [2.75, 3.05) is 30.4 Å². The Morgan fingerprint density at radius 1 is 1.11 bits per heavy atom. The van der Waals surface area contributed by atoms with Crippen LogP contribution < -0.4 is 10.6 Å². The minimum atomic E-state index is -0.297. The van der Waals surface area contributed by atoms with Gasteiger partial charge in [0.05, 0.1) is 65.9 Å². The molecule has 0 aliphatic carbocycles. The number of rotatable bonds is 6. The number of hydrogen-bond acceptors (Lipinski definition) is 8. The smallest absolute Gasteiger partial charge is 0.260 e. The van der Waals surface area contributed by atoms with E-state index in [0.717, 1.165) is 15.3 Å². The molecule has 4 aromatic rings. The zero-order valence-electron chi connectivity index (χ0n) is 20.6. The number of carbonyl (C=O) groups is 2. The topological polar surface area (TPSA) is 119 Å². The summed E-state index contributed by atoms with van der Waals surface area (Å²) in [7, 11) is 1.86. The Morgan fingerprint density at radius 3 is 2.61 bits per heavy atom. The van der Waals surface area contributed by atoms with Gasteiger partial charge in [-0.2, -0.15) is 10.2 Å². The average molecular weight is 509 g/mol. The van der Waals surface area contributed by atoms with Gasteiger partial charge in [0.2, 0.25) is 5.91 Å². The van der Waals surface area contributed by atoms with Crippen molar-refractivity contribution in [3.05, 3.63) is 48.3 Å². The summed E-state index contributed by atoms with van der Waals surface area (Å²) in [6.07, 6.45) is 8.72. The number of nitrogens with one attached hydrogen (secondary N) is 2. The summed E-state index contributed by atoms with van der Waals surface area (Å²) in [5, 5.41) is 14.4. The fourth-order valence-corrected chi connectivity index (χ4v) is 5.29. The van der Waals surface area contributed by atoms with Gasteiger partial charge in [-0.05, 0) is 26.8 Å². The van der Waals surface area contributed by atoms with Crippen LogP contribution in [0.15, 0.2) is 37.1 Å². The molecule has 1 fully saturated rings. The highest BCUT2D eigenvalue weighted by atomic mass is 32.1. The number of amides is 2. The van der Waals surface area contributed by atoms with E-state index < -0.39 is 0 Å². The summed E-state index contributed by atoms with van der Waals surface area (Å²) in [5.74, 6) is -0.438. The molecule has 4 aromatic heterocycles. The van der Waals surface area contributed by atoms with Gasteiger partial charge in [-0.25, -0.2) is 4.52 Å². The highest BCUT2D eigenvalue weighted by Crippen LogP contribution is 2.30. The van der Waals surface area contributed by atoms with E-state index in [4.69, 9.17) is 4.74 Å². The molecule has 0 radical (unpaired) electrons. The van der Waals surface area contributed by atoms with Gasteiger partial charge in [0.25, 0.3) is 5.91 Å². The number of morpholine rings is 1. The first-order valence-electron chi connectivity index (χ1n) is 11.7. The van der Waals surface area contributed by atoms with Crippen LogP contribution in [-0.4, -0.2) is 72.9 Å². The number of anilines is 2. The van der Waals surface area contributed by atoms with Gasteiger partial charge in [0.15, 0.2) is 0 Å². The SMILES string of the molecule is Cc1ncc(NC(=O)CN2[C@H](C)COC[C@@H]2C)cc1NC(=O)c1cnn2cc(-c3cnn(C)c3)sc12. The third-order valence-corrected chi connectivity index (χ3v) is 7.39. The zero-order chi connectivity index (χ0) is 25.4. The van der Waals surface area contributed by atoms with Crippen molar-refractivity contribution < 1.29 is 14.3 Å². The Hall–Kier alpha value is -3.61. The standard InChI is InChI=1S/C24H28N8O3S/c1-14-12-35-13-15(2)31(14)11-22(33)28-18-5-20(16(3)25-7-18)29-23(34)19-8-27-32-10-21(36-24(19)32)17-6-26-30(4)9-17/h5-10,14-15H,11-13H2,1-4H3,(H,28,33)(H,29,34)/t14-,15+. The molecule has 1 saturated heterocycles. The summed E-state index contributed by atoms with van der Waals surface area (Å²) < 4.78 is 8.96.